The Morgan fingerprint density at radius 2 is 2.39 bits per heavy atom. The minimum absolute atomic E-state index is 0.608. The average Bonchev–Trinajstić information content (AvgIpc) is 3.18. The molecule has 124 valence electrons. The Hall–Kier alpha value is -2.08. The summed E-state index contributed by atoms with van der Waals surface area (Å²) < 4.78 is 7.31. The van der Waals surface area contributed by atoms with Gasteiger partial charge in [-0.1, -0.05) is 6.07 Å². The second-order valence-corrected chi connectivity index (χ2v) is 5.98. The third kappa shape index (κ3) is 3.82. The number of ether oxygens (including phenoxy) is 1. The molecule has 1 fully saturated rings. The molecule has 6 nitrogen and oxygen atoms in total. The smallest absolute Gasteiger partial charge is 0.193 e. The fourth-order valence-corrected chi connectivity index (χ4v) is 3.14. The molecule has 0 aromatic carbocycles. The van der Waals surface area contributed by atoms with E-state index in [0.29, 0.717) is 5.92 Å². The van der Waals surface area contributed by atoms with Crippen molar-refractivity contribution >= 4 is 11.6 Å². The second-order valence-electron chi connectivity index (χ2n) is 5.98. The number of hydrogen-bond acceptors (Lipinski definition) is 3. The van der Waals surface area contributed by atoms with Crippen LogP contribution in [0.25, 0.3) is 5.65 Å². The molecule has 0 spiro atoms. The quantitative estimate of drug-likeness (QED) is 0.670. The van der Waals surface area contributed by atoms with E-state index >= 15 is 0 Å². The highest BCUT2D eigenvalue weighted by atomic mass is 16.5. The van der Waals surface area contributed by atoms with E-state index in [4.69, 9.17) is 4.74 Å². The zero-order valence-corrected chi connectivity index (χ0v) is 13.9. The number of aliphatic imine (C=N–C) groups is 1. The topological polar surface area (TPSA) is 54.2 Å². The maximum Gasteiger partial charge on any atom is 0.193 e. The summed E-state index contributed by atoms with van der Waals surface area (Å²) in [7, 11) is 3.61. The minimum atomic E-state index is 0.608. The number of likely N-dealkylation sites (tertiary alicyclic amines) is 1. The lowest BCUT2D eigenvalue weighted by Gasteiger charge is -2.21. The SMILES string of the molecule is CN=C(NCCc1cn2ccccc2n1)N1CCC(COC)C1. The molecule has 1 aliphatic heterocycles. The maximum absolute atomic E-state index is 5.26. The van der Waals surface area contributed by atoms with Gasteiger partial charge in [0.05, 0.1) is 12.3 Å². The number of methoxy groups -OCH3 is 1. The lowest BCUT2D eigenvalue weighted by Crippen LogP contribution is -2.41. The summed E-state index contributed by atoms with van der Waals surface area (Å²) in [6, 6.07) is 6.05. The summed E-state index contributed by atoms with van der Waals surface area (Å²) in [5.41, 5.74) is 2.09. The van der Waals surface area contributed by atoms with Gasteiger partial charge >= 0.3 is 0 Å². The van der Waals surface area contributed by atoms with E-state index in [0.717, 1.165) is 50.0 Å². The van der Waals surface area contributed by atoms with Crippen LogP contribution < -0.4 is 5.32 Å². The molecule has 6 heteroatoms. The van der Waals surface area contributed by atoms with Crippen molar-refractivity contribution in [2.24, 2.45) is 10.9 Å². The summed E-state index contributed by atoms with van der Waals surface area (Å²) in [5.74, 6) is 1.59. The molecule has 1 aliphatic rings. The molecule has 3 rings (SSSR count). The molecule has 0 amide bonds. The molecule has 2 aromatic heterocycles. The number of nitrogens with zero attached hydrogens (tertiary/aromatic N) is 4. The van der Waals surface area contributed by atoms with Gasteiger partial charge in [0.1, 0.15) is 5.65 Å². The van der Waals surface area contributed by atoms with Crippen LogP contribution in [-0.4, -0.2) is 60.6 Å². The number of aromatic nitrogens is 2. The molecule has 1 unspecified atom stereocenters. The molecule has 1 atom stereocenters. The zero-order chi connectivity index (χ0) is 16.1. The highest BCUT2D eigenvalue weighted by Gasteiger charge is 2.24. The highest BCUT2D eigenvalue weighted by Crippen LogP contribution is 2.16. The van der Waals surface area contributed by atoms with Crippen molar-refractivity contribution in [1.82, 2.24) is 19.6 Å². The van der Waals surface area contributed by atoms with Gasteiger partial charge < -0.3 is 19.4 Å². The van der Waals surface area contributed by atoms with Gasteiger partial charge in [0.25, 0.3) is 0 Å². The lowest BCUT2D eigenvalue weighted by molar-refractivity contribution is 0.157. The Morgan fingerprint density at radius 1 is 1.48 bits per heavy atom. The number of imidazole rings is 1. The van der Waals surface area contributed by atoms with E-state index in [9.17, 15) is 0 Å². The highest BCUT2D eigenvalue weighted by molar-refractivity contribution is 5.80. The van der Waals surface area contributed by atoms with Crippen LogP contribution in [0, 0.1) is 5.92 Å². The summed E-state index contributed by atoms with van der Waals surface area (Å²) >= 11 is 0. The Kier molecular flexibility index (Phi) is 5.12. The van der Waals surface area contributed by atoms with Crippen LogP contribution in [0.3, 0.4) is 0 Å². The zero-order valence-electron chi connectivity index (χ0n) is 13.9. The molecule has 0 bridgehead atoms. The van der Waals surface area contributed by atoms with Crippen LogP contribution in [0.2, 0.25) is 0 Å². The van der Waals surface area contributed by atoms with Gasteiger partial charge in [0.2, 0.25) is 0 Å². The first-order valence-electron chi connectivity index (χ1n) is 8.17. The first-order chi connectivity index (χ1) is 11.3. The van der Waals surface area contributed by atoms with Crippen molar-refractivity contribution in [1.29, 1.82) is 0 Å². The van der Waals surface area contributed by atoms with E-state index in [-0.39, 0.29) is 0 Å². The van der Waals surface area contributed by atoms with Gasteiger partial charge in [-0.25, -0.2) is 4.98 Å². The van der Waals surface area contributed by atoms with Crippen molar-refractivity contribution in [2.75, 3.05) is 40.4 Å². The van der Waals surface area contributed by atoms with Gasteiger partial charge in [0.15, 0.2) is 5.96 Å². The van der Waals surface area contributed by atoms with Crippen molar-refractivity contribution in [3.63, 3.8) is 0 Å². The number of fused-ring (bicyclic) bond motifs is 1. The molecule has 1 N–H and O–H groups in total. The maximum atomic E-state index is 5.26. The van der Waals surface area contributed by atoms with Crippen LogP contribution in [-0.2, 0) is 11.2 Å². The fourth-order valence-electron chi connectivity index (χ4n) is 3.14. The molecular formula is C17H25N5O. The van der Waals surface area contributed by atoms with E-state index < -0.39 is 0 Å². The molecular weight excluding hydrogens is 290 g/mol. The van der Waals surface area contributed by atoms with E-state index in [2.05, 4.69) is 30.8 Å². The number of guanidine groups is 1. The molecule has 3 heterocycles. The Bertz CT molecular complexity index is 633. The van der Waals surface area contributed by atoms with Crippen LogP contribution in [0.4, 0.5) is 0 Å². The summed E-state index contributed by atoms with van der Waals surface area (Å²) in [6.07, 6.45) is 6.17. The van der Waals surface area contributed by atoms with E-state index in [1.165, 1.54) is 6.42 Å². The third-order valence-corrected chi connectivity index (χ3v) is 4.28. The molecule has 2 aromatic rings. The van der Waals surface area contributed by atoms with E-state index in [1.54, 1.807) is 7.11 Å². The van der Waals surface area contributed by atoms with Gasteiger partial charge in [-0.05, 0) is 18.6 Å². The Labute approximate surface area is 137 Å². The number of pyridine rings is 1. The number of nitrogens with one attached hydrogen (secondary N) is 1. The van der Waals surface area contributed by atoms with Gasteiger partial charge in [-0.2, -0.15) is 0 Å². The summed E-state index contributed by atoms with van der Waals surface area (Å²) in [4.78, 5) is 11.3. The van der Waals surface area contributed by atoms with Gasteiger partial charge in [-0.15, -0.1) is 0 Å². The Balaban J connectivity index is 1.50. The monoisotopic (exact) mass is 315 g/mol. The normalized spacial score (nSPS) is 18.8. The molecule has 1 saturated heterocycles. The van der Waals surface area contributed by atoms with E-state index in [1.807, 2.05) is 31.4 Å². The van der Waals surface area contributed by atoms with Gasteiger partial charge in [0, 0.05) is 58.5 Å². The second kappa shape index (κ2) is 7.46. The van der Waals surface area contributed by atoms with Crippen molar-refractivity contribution < 1.29 is 4.74 Å². The third-order valence-electron chi connectivity index (χ3n) is 4.28. The molecule has 0 saturated carbocycles. The first-order valence-corrected chi connectivity index (χ1v) is 8.17. The molecule has 0 aliphatic carbocycles. The number of rotatable bonds is 5. The van der Waals surface area contributed by atoms with Crippen molar-refractivity contribution in [3.8, 4) is 0 Å². The van der Waals surface area contributed by atoms with Crippen molar-refractivity contribution in [2.45, 2.75) is 12.8 Å². The van der Waals surface area contributed by atoms with Crippen LogP contribution in [0.1, 0.15) is 12.1 Å². The standard InChI is InChI=1S/C17H25N5O/c1-18-17(22-10-7-14(11-22)13-23-2)19-8-6-15-12-21-9-4-3-5-16(21)20-15/h3-5,9,12,14H,6-8,10-11,13H2,1-2H3,(H,18,19). The van der Waals surface area contributed by atoms with Crippen molar-refractivity contribution in [3.05, 3.63) is 36.3 Å². The van der Waals surface area contributed by atoms with Crippen LogP contribution >= 0.6 is 0 Å². The van der Waals surface area contributed by atoms with Gasteiger partial charge in [-0.3, -0.25) is 4.99 Å². The lowest BCUT2D eigenvalue weighted by atomic mass is 10.1. The predicted molar refractivity (Wildman–Crippen MR) is 91.8 cm³/mol. The number of hydrogen-bond donors (Lipinski definition) is 1. The molecule has 0 radical (unpaired) electrons. The van der Waals surface area contributed by atoms with Crippen LogP contribution in [0.5, 0.6) is 0 Å². The fraction of sp³-hybridized carbons (Fsp3) is 0.529. The van der Waals surface area contributed by atoms with Crippen LogP contribution in [0.15, 0.2) is 35.6 Å². The largest absolute Gasteiger partial charge is 0.384 e. The summed E-state index contributed by atoms with van der Waals surface area (Å²) in [6.45, 7) is 3.72. The minimum Gasteiger partial charge on any atom is -0.384 e. The summed E-state index contributed by atoms with van der Waals surface area (Å²) in [5, 5.41) is 3.45. The molecule has 23 heavy (non-hydrogen) atoms. The Morgan fingerprint density at radius 3 is 3.17 bits per heavy atom. The predicted octanol–water partition coefficient (Wildman–Crippen LogP) is 1.42. The first kappa shape index (κ1) is 15.8. The average molecular weight is 315 g/mol.